The van der Waals surface area contributed by atoms with Crippen molar-refractivity contribution in [3.63, 3.8) is 0 Å². The van der Waals surface area contributed by atoms with Crippen LogP contribution < -0.4 is 16.0 Å². The summed E-state index contributed by atoms with van der Waals surface area (Å²) < 4.78 is 94.6. The van der Waals surface area contributed by atoms with Crippen LogP contribution in [0.15, 0.2) is 48.7 Å². The average molecular weight is 557 g/mol. The van der Waals surface area contributed by atoms with Crippen LogP contribution in [0.5, 0.6) is 0 Å². The highest BCUT2D eigenvalue weighted by Crippen LogP contribution is 2.41. The van der Waals surface area contributed by atoms with Crippen molar-refractivity contribution in [2.75, 3.05) is 30.4 Å². The molecule has 0 radical (unpaired) electrons. The summed E-state index contributed by atoms with van der Waals surface area (Å²) in [7, 11) is 1.34. The van der Waals surface area contributed by atoms with Crippen molar-refractivity contribution in [3.05, 3.63) is 76.7 Å². The lowest BCUT2D eigenvalue weighted by Crippen LogP contribution is -2.42. The summed E-state index contributed by atoms with van der Waals surface area (Å²) in [5, 5.41) is 3.00. The number of carbonyl (C=O) groups excluding carboxylic acids is 1. The van der Waals surface area contributed by atoms with E-state index in [2.05, 4.69) is 10.3 Å². The third kappa shape index (κ3) is 6.49. The first-order valence-electron chi connectivity index (χ1n) is 11.8. The molecule has 3 aromatic rings. The van der Waals surface area contributed by atoms with Crippen LogP contribution in [0.3, 0.4) is 0 Å². The van der Waals surface area contributed by atoms with Gasteiger partial charge in [0.2, 0.25) is 5.91 Å². The van der Waals surface area contributed by atoms with Crippen LogP contribution in [0.4, 0.5) is 42.2 Å². The normalized spacial score (nSPS) is 12.4. The Balaban J connectivity index is 2.14. The van der Waals surface area contributed by atoms with Gasteiger partial charge in [-0.1, -0.05) is 6.07 Å². The van der Waals surface area contributed by atoms with E-state index in [1.54, 1.807) is 13.0 Å². The van der Waals surface area contributed by atoms with E-state index in [1.165, 1.54) is 45.3 Å². The van der Waals surface area contributed by atoms with E-state index in [0.29, 0.717) is 47.7 Å². The van der Waals surface area contributed by atoms with Gasteiger partial charge in [0, 0.05) is 25.7 Å². The predicted octanol–water partition coefficient (Wildman–Crippen LogP) is 6.54. The number of nitrogens with zero attached hydrogens (tertiary/aromatic N) is 2. The number of hydrogen-bond acceptors (Lipinski definition) is 4. The number of aryl methyl sites for hydroxylation is 1. The average Bonchev–Trinajstić information content (AvgIpc) is 2.85. The molecule has 1 aromatic heterocycles. The van der Waals surface area contributed by atoms with Gasteiger partial charge in [-0.2, -0.15) is 26.3 Å². The number of benzene rings is 2. The van der Waals surface area contributed by atoms with Gasteiger partial charge >= 0.3 is 12.4 Å². The molecule has 0 spiro atoms. The highest BCUT2D eigenvalue weighted by Gasteiger charge is 2.41. The van der Waals surface area contributed by atoms with Gasteiger partial charge in [0.15, 0.2) is 0 Å². The Morgan fingerprint density at radius 1 is 0.923 bits per heavy atom. The van der Waals surface area contributed by atoms with Crippen molar-refractivity contribution in [1.82, 2.24) is 4.98 Å². The van der Waals surface area contributed by atoms with Gasteiger partial charge in [0.25, 0.3) is 0 Å². The van der Waals surface area contributed by atoms with Gasteiger partial charge in [0.05, 0.1) is 28.4 Å². The Morgan fingerprint density at radius 2 is 1.49 bits per heavy atom. The minimum absolute atomic E-state index is 0.0141. The van der Waals surface area contributed by atoms with Crippen molar-refractivity contribution < 1.29 is 35.5 Å². The molecule has 0 fully saturated rings. The molecule has 0 atom stereocenters. The monoisotopic (exact) mass is 556 g/mol. The summed E-state index contributed by atoms with van der Waals surface area (Å²) >= 11 is 0. The number of alkyl halides is 6. The summed E-state index contributed by atoms with van der Waals surface area (Å²) in [6.07, 6.45) is -8.78. The van der Waals surface area contributed by atoms with Gasteiger partial charge in [-0.15, -0.1) is 0 Å². The zero-order chi connectivity index (χ0) is 29.3. The lowest BCUT2D eigenvalue weighted by atomic mass is 9.81. The topological polar surface area (TPSA) is 71.2 Å². The molecule has 210 valence electrons. The molecule has 0 saturated carbocycles. The van der Waals surface area contributed by atoms with Crippen LogP contribution in [0.2, 0.25) is 0 Å². The molecule has 0 aliphatic heterocycles. The minimum Gasteiger partial charge on any atom is -0.369 e. The second-order valence-electron chi connectivity index (χ2n) is 9.55. The first-order chi connectivity index (χ1) is 18.0. The summed E-state index contributed by atoms with van der Waals surface area (Å²) in [6.45, 7) is 4.83. The van der Waals surface area contributed by atoms with E-state index in [-0.39, 0.29) is 11.8 Å². The Bertz CT molecular complexity index is 1330. The maximum Gasteiger partial charge on any atom is 0.416 e. The number of likely N-dealkylation sites (N-methyl/N-ethyl adjacent to an activating group) is 1. The summed E-state index contributed by atoms with van der Waals surface area (Å²) in [6, 6.07) is 6.73. The number of pyridine rings is 1. The fraction of sp³-hybridized carbons (Fsp3) is 0.333. The molecule has 3 rings (SSSR count). The molecule has 0 aliphatic carbocycles. The first kappa shape index (κ1) is 29.9. The molecular weight excluding hydrogens is 529 g/mol. The highest BCUT2D eigenvalue weighted by molar-refractivity contribution is 6.03. The number of nitrogens with one attached hydrogen (secondary N) is 1. The lowest BCUT2D eigenvalue weighted by Gasteiger charge is -2.32. The van der Waals surface area contributed by atoms with Gasteiger partial charge in [-0.25, -0.2) is 9.37 Å². The molecule has 1 heterocycles. The maximum atomic E-state index is 13.8. The van der Waals surface area contributed by atoms with E-state index < -0.39 is 46.2 Å². The smallest absolute Gasteiger partial charge is 0.369 e. The van der Waals surface area contributed by atoms with Gasteiger partial charge < -0.3 is 16.0 Å². The highest BCUT2D eigenvalue weighted by atomic mass is 19.4. The fourth-order valence-corrected chi connectivity index (χ4v) is 4.13. The molecule has 5 nitrogen and oxygen atoms in total. The number of rotatable bonds is 7. The molecular formula is C27H27F7N4O. The van der Waals surface area contributed by atoms with E-state index >= 15 is 0 Å². The zero-order valence-electron chi connectivity index (χ0n) is 21.6. The molecule has 0 saturated heterocycles. The Kier molecular flexibility index (Phi) is 8.30. The van der Waals surface area contributed by atoms with Crippen molar-refractivity contribution in [1.29, 1.82) is 0 Å². The number of amides is 1. The molecule has 39 heavy (non-hydrogen) atoms. The second-order valence-corrected chi connectivity index (χ2v) is 9.55. The predicted molar refractivity (Wildman–Crippen MR) is 135 cm³/mol. The van der Waals surface area contributed by atoms with E-state index in [4.69, 9.17) is 5.73 Å². The van der Waals surface area contributed by atoms with Crippen LogP contribution >= 0.6 is 0 Å². The van der Waals surface area contributed by atoms with Crippen molar-refractivity contribution in [2.45, 2.75) is 38.5 Å². The van der Waals surface area contributed by atoms with Crippen molar-refractivity contribution in [2.24, 2.45) is 5.73 Å². The quantitative estimate of drug-likeness (QED) is 0.324. The van der Waals surface area contributed by atoms with E-state index in [1.807, 2.05) is 0 Å². The van der Waals surface area contributed by atoms with Crippen LogP contribution in [0.25, 0.3) is 11.1 Å². The van der Waals surface area contributed by atoms with Gasteiger partial charge in [-0.3, -0.25) is 4.79 Å². The van der Waals surface area contributed by atoms with Gasteiger partial charge in [0.1, 0.15) is 11.6 Å². The Hall–Kier alpha value is -3.67. The van der Waals surface area contributed by atoms with E-state index in [0.717, 1.165) is 4.90 Å². The second kappa shape index (κ2) is 10.8. The minimum atomic E-state index is -5.06. The standard InChI is InChI=1S/C27H27F7N4O/c1-15-9-19(28)5-6-20(15)21-13-23(36-8-7-35)37-14-22(21)38(4)24(39)25(2,3)16-10-17(26(29,30)31)12-18(11-16)27(32,33)34/h5-6,9-14H,7-8,35H2,1-4H3,(H,36,37). The third-order valence-corrected chi connectivity index (χ3v) is 6.32. The third-order valence-electron chi connectivity index (χ3n) is 6.32. The number of carbonyl (C=O) groups is 1. The van der Waals surface area contributed by atoms with Crippen molar-refractivity contribution >= 4 is 17.4 Å². The molecule has 12 heteroatoms. The van der Waals surface area contributed by atoms with E-state index in [9.17, 15) is 35.5 Å². The van der Waals surface area contributed by atoms with Crippen LogP contribution in [0.1, 0.15) is 36.1 Å². The van der Waals surface area contributed by atoms with Crippen LogP contribution in [0, 0.1) is 12.7 Å². The number of nitrogens with two attached hydrogens (primary N) is 1. The largest absolute Gasteiger partial charge is 0.416 e. The fourth-order valence-electron chi connectivity index (χ4n) is 4.13. The molecule has 0 bridgehead atoms. The lowest BCUT2D eigenvalue weighted by molar-refractivity contribution is -0.143. The number of aromatic nitrogens is 1. The summed E-state index contributed by atoms with van der Waals surface area (Å²) in [5.41, 5.74) is 1.94. The molecule has 1 amide bonds. The summed E-state index contributed by atoms with van der Waals surface area (Å²) in [4.78, 5) is 19.1. The SMILES string of the molecule is Cc1cc(F)ccc1-c1cc(NCCN)ncc1N(C)C(=O)C(C)(C)c1cc(C(F)(F)F)cc(C(F)(F)F)c1. The number of halogens is 7. The molecule has 3 N–H and O–H groups in total. The first-order valence-corrected chi connectivity index (χ1v) is 11.8. The Labute approximate surface area is 220 Å². The van der Waals surface area contributed by atoms with Crippen molar-refractivity contribution in [3.8, 4) is 11.1 Å². The number of anilines is 2. The zero-order valence-corrected chi connectivity index (χ0v) is 21.6. The summed E-state index contributed by atoms with van der Waals surface area (Å²) in [5.74, 6) is -0.875. The van der Waals surface area contributed by atoms with Gasteiger partial charge in [-0.05, 0) is 73.9 Å². The van der Waals surface area contributed by atoms with Crippen LogP contribution in [-0.2, 0) is 22.6 Å². The Morgan fingerprint density at radius 3 is 2.00 bits per heavy atom. The molecule has 0 aliphatic rings. The van der Waals surface area contributed by atoms with Crippen LogP contribution in [-0.4, -0.2) is 31.0 Å². The maximum absolute atomic E-state index is 13.8. The molecule has 2 aromatic carbocycles. The molecule has 0 unspecified atom stereocenters. The number of hydrogen-bond donors (Lipinski definition) is 2.